The Morgan fingerprint density at radius 2 is 1.96 bits per heavy atom. The SMILES string of the molecule is C[C@@H]1Cn2nc(-c3ccc(F)cc3)c(I)c2CN1C(=O)OC(C)(C)C. The van der Waals surface area contributed by atoms with Gasteiger partial charge in [-0.2, -0.15) is 5.10 Å². The second kappa shape index (κ2) is 6.59. The highest BCUT2D eigenvalue weighted by molar-refractivity contribution is 14.1. The normalized spacial score (nSPS) is 17.4. The van der Waals surface area contributed by atoms with Crippen LogP contribution in [0.2, 0.25) is 0 Å². The molecule has 1 aliphatic heterocycles. The Bertz CT molecular complexity index is 796. The number of hydrogen-bond acceptors (Lipinski definition) is 3. The molecule has 1 aliphatic rings. The van der Waals surface area contributed by atoms with Crippen LogP contribution in [0.1, 0.15) is 33.4 Å². The Hall–Kier alpha value is -1.64. The number of halogens is 2. The predicted molar refractivity (Wildman–Crippen MR) is 102 cm³/mol. The Balaban J connectivity index is 1.90. The third kappa shape index (κ3) is 3.80. The lowest BCUT2D eigenvalue weighted by Gasteiger charge is -2.35. The fourth-order valence-corrected chi connectivity index (χ4v) is 3.67. The maximum atomic E-state index is 13.2. The maximum Gasteiger partial charge on any atom is 0.410 e. The molecule has 25 heavy (non-hydrogen) atoms. The van der Waals surface area contributed by atoms with Gasteiger partial charge in [0.2, 0.25) is 0 Å². The molecule has 2 heterocycles. The second-order valence-electron chi connectivity index (χ2n) is 7.26. The summed E-state index contributed by atoms with van der Waals surface area (Å²) in [5.74, 6) is -0.271. The van der Waals surface area contributed by atoms with Crippen molar-refractivity contribution in [2.75, 3.05) is 0 Å². The molecule has 1 aromatic heterocycles. The molecule has 134 valence electrons. The smallest absolute Gasteiger partial charge is 0.410 e. The van der Waals surface area contributed by atoms with Crippen molar-refractivity contribution in [1.82, 2.24) is 14.7 Å². The van der Waals surface area contributed by atoms with Crippen molar-refractivity contribution in [2.45, 2.75) is 52.4 Å². The fourth-order valence-electron chi connectivity index (χ4n) is 2.80. The Kier molecular flexibility index (Phi) is 4.78. The van der Waals surface area contributed by atoms with Crippen molar-refractivity contribution in [3.05, 3.63) is 39.3 Å². The molecule has 0 radical (unpaired) electrons. The lowest BCUT2D eigenvalue weighted by molar-refractivity contribution is 0.00899. The van der Waals surface area contributed by atoms with Crippen molar-refractivity contribution in [1.29, 1.82) is 0 Å². The zero-order valence-corrected chi connectivity index (χ0v) is 16.9. The second-order valence-corrected chi connectivity index (χ2v) is 8.33. The number of carbonyl (C=O) groups is 1. The first-order valence-corrected chi connectivity index (χ1v) is 9.24. The number of hydrogen-bond donors (Lipinski definition) is 0. The maximum absolute atomic E-state index is 13.2. The van der Waals surface area contributed by atoms with E-state index in [0.29, 0.717) is 13.1 Å². The first kappa shape index (κ1) is 18.2. The van der Waals surface area contributed by atoms with Gasteiger partial charge in [0.1, 0.15) is 17.1 Å². The number of nitrogens with zero attached hydrogens (tertiary/aromatic N) is 3. The minimum absolute atomic E-state index is 0.0147. The minimum atomic E-state index is -0.527. The molecule has 7 heteroatoms. The number of rotatable bonds is 1. The summed E-state index contributed by atoms with van der Waals surface area (Å²) in [6, 6.07) is 6.29. The van der Waals surface area contributed by atoms with Crippen LogP contribution in [0.5, 0.6) is 0 Å². The van der Waals surface area contributed by atoms with E-state index in [0.717, 1.165) is 20.5 Å². The highest BCUT2D eigenvalue weighted by Gasteiger charge is 2.33. The lowest BCUT2D eigenvalue weighted by atomic mass is 10.1. The monoisotopic (exact) mass is 457 g/mol. The molecule has 5 nitrogen and oxygen atoms in total. The van der Waals surface area contributed by atoms with Crippen LogP contribution in [0.4, 0.5) is 9.18 Å². The van der Waals surface area contributed by atoms with Gasteiger partial charge in [0, 0.05) is 5.56 Å². The van der Waals surface area contributed by atoms with E-state index in [1.54, 1.807) is 17.0 Å². The Morgan fingerprint density at radius 3 is 2.56 bits per heavy atom. The number of carbonyl (C=O) groups excluding carboxylic acids is 1. The summed E-state index contributed by atoms with van der Waals surface area (Å²) in [4.78, 5) is 14.2. The summed E-state index contributed by atoms with van der Waals surface area (Å²) >= 11 is 2.24. The molecule has 1 atom stereocenters. The molecule has 3 rings (SSSR count). The molecular weight excluding hydrogens is 436 g/mol. The van der Waals surface area contributed by atoms with E-state index in [1.807, 2.05) is 32.4 Å². The largest absolute Gasteiger partial charge is 0.444 e. The topological polar surface area (TPSA) is 47.4 Å². The third-order valence-corrected chi connectivity index (χ3v) is 5.16. The van der Waals surface area contributed by atoms with Crippen molar-refractivity contribution in [3.63, 3.8) is 0 Å². The highest BCUT2D eigenvalue weighted by Crippen LogP contribution is 2.31. The van der Waals surface area contributed by atoms with Gasteiger partial charge in [-0.25, -0.2) is 9.18 Å². The van der Waals surface area contributed by atoms with E-state index in [1.165, 1.54) is 12.1 Å². The Labute approximate surface area is 160 Å². The average Bonchev–Trinajstić information content (AvgIpc) is 2.81. The summed E-state index contributed by atoms with van der Waals surface area (Å²) in [7, 11) is 0. The van der Waals surface area contributed by atoms with Crippen molar-refractivity contribution in [2.24, 2.45) is 0 Å². The van der Waals surface area contributed by atoms with Crippen molar-refractivity contribution >= 4 is 28.7 Å². The van der Waals surface area contributed by atoms with Gasteiger partial charge in [0.05, 0.1) is 28.4 Å². The summed E-state index contributed by atoms with van der Waals surface area (Å²) < 4.78 is 21.6. The molecule has 0 bridgehead atoms. The van der Waals surface area contributed by atoms with Crippen LogP contribution in [0.25, 0.3) is 11.3 Å². The zero-order valence-electron chi connectivity index (χ0n) is 14.7. The van der Waals surface area contributed by atoms with Crippen molar-refractivity contribution < 1.29 is 13.9 Å². The quantitative estimate of drug-likeness (QED) is 0.596. The predicted octanol–water partition coefficient (Wildman–Crippen LogP) is 4.43. The average molecular weight is 457 g/mol. The van der Waals surface area contributed by atoms with Crippen molar-refractivity contribution in [3.8, 4) is 11.3 Å². The first-order valence-electron chi connectivity index (χ1n) is 8.16. The van der Waals surface area contributed by atoms with E-state index in [2.05, 4.69) is 27.7 Å². The van der Waals surface area contributed by atoms with E-state index < -0.39 is 5.60 Å². The van der Waals surface area contributed by atoms with Gasteiger partial charge in [0.15, 0.2) is 0 Å². The molecule has 2 aromatic rings. The van der Waals surface area contributed by atoms with E-state index in [9.17, 15) is 9.18 Å². The molecule has 0 saturated carbocycles. The number of aromatic nitrogens is 2. The minimum Gasteiger partial charge on any atom is -0.444 e. The van der Waals surface area contributed by atoms with Gasteiger partial charge in [-0.3, -0.25) is 9.58 Å². The first-order chi connectivity index (χ1) is 11.7. The summed E-state index contributed by atoms with van der Waals surface area (Å²) in [5.41, 5.74) is 2.13. The number of amides is 1. The van der Waals surface area contributed by atoms with Crippen LogP contribution in [-0.2, 0) is 17.8 Å². The molecule has 0 saturated heterocycles. The van der Waals surface area contributed by atoms with Gasteiger partial charge in [-0.1, -0.05) is 0 Å². The van der Waals surface area contributed by atoms with Crippen LogP contribution < -0.4 is 0 Å². The third-order valence-electron chi connectivity index (χ3n) is 4.03. The van der Waals surface area contributed by atoms with E-state index in [4.69, 9.17) is 4.74 Å². The molecule has 1 aromatic carbocycles. The van der Waals surface area contributed by atoms with Crippen LogP contribution in [0.3, 0.4) is 0 Å². The van der Waals surface area contributed by atoms with Gasteiger partial charge < -0.3 is 4.74 Å². The molecule has 1 amide bonds. The van der Waals surface area contributed by atoms with Gasteiger partial charge in [-0.15, -0.1) is 0 Å². The van der Waals surface area contributed by atoms with Crippen LogP contribution in [-0.4, -0.2) is 32.4 Å². The van der Waals surface area contributed by atoms with Crippen LogP contribution >= 0.6 is 22.6 Å². The van der Waals surface area contributed by atoms with Gasteiger partial charge in [-0.05, 0) is 74.6 Å². The Morgan fingerprint density at radius 1 is 1.32 bits per heavy atom. The molecule has 0 N–H and O–H groups in total. The van der Waals surface area contributed by atoms with Crippen LogP contribution in [0.15, 0.2) is 24.3 Å². The van der Waals surface area contributed by atoms with Crippen LogP contribution in [0, 0.1) is 9.39 Å². The van der Waals surface area contributed by atoms with E-state index >= 15 is 0 Å². The molecule has 0 aliphatic carbocycles. The molecule has 0 spiro atoms. The summed E-state index contributed by atoms with van der Waals surface area (Å²) in [6.07, 6.45) is -0.313. The number of ether oxygens (including phenoxy) is 1. The number of fused-ring (bicyclic) bond motifs is 1. The van der Waals surface area contributed by atoms with Gasteiger partial charge >= 0.3 is 6.09 Å². The standard InChI is InChI=1S/C18H21FIN3O2/c1-11-9-23-14(10-22(11)17(24)25-18(2,3)4)15(20)16(21-23)12-5-7-13(19)8-6-12/h5-8,11H,9-10H2,1-4H3/t11-/m1/s1. The summed E-state index contributed by atoms with van der Waals surface area (Å²) in [5, 5.41) is 4.68. The molecule has 0 unspecified atom stereocenters. The lowest BCUT2D eigenvalue weighted by Crippen LogP contribution is -2.47. The van der Waals surface area contributed by atoms with Gasteiger partial charge in [0.25, 0.3) is 0 Å². The molecule has 0 fully saturated rings. The zero-order chi connectivity index (χ0) is 18.4. The number of benzene rings is 1. The highest BCUT2D eigenvalue weighted by atomic mass is 127. The molecular formula is C18H21FIN3O2. The van der Waals surface area contributed by atoms with E-state index in [-0.39, 0.29) is 18.0 Å². The summed E-state index contributed by atoms with van der Waals surface area (Å²) in [6.45, 7) is 8.62. The fraction of sp³-hybridized carbons (Fsp3) is 0.444.